The van der Waals surface area contributed by atoms with Crippen LogP contribution in [0.1, 0.15) is 36.7 Å². The fourth-order valence-corrected chi connectivity index (χ4v) is 1.63. The Morgan fingerprint density at radius 1 is 1.29 bits per heavy atom. The quantitative estimate of drug-likeness (QED) is 0.721. The number of nitrogens with two attached hydrogens (primary N) is 1. The van der Waals surface area contributed by atoms with Gasteiger partial charge in [0.1, 0.15) is 11.9 Å². The molecule has 116 valence electrons. The van der Waals surface area contributed by atoms with E-state index >= 15 is 0 Å². The van der Waals surface area contributed by atoms with Gasteiger partial charge in [-0.15, -0.1) is 0 Å². The molecule has 5 nitrogen and oxygen atoms in total. The van der Waals surface area contributed by atoms with Gasteiger partial charge in [-0.1, -0.05) is 13.8 Å². The Bertz CT molecular complexity index is 521. The van der Waals surface area contributed by atoms with Crippen molar-refractivity contribution in [3.8, 4) is 0 Å². The summed E-state index contributed by atoms with van der Waals surface area (Å²) in [6.45, 7) is 7.59. The molecule has 1 aromatic carbocycles. The minimum absolute atomic E-state index is 0.0964. The number of carbonyl (C=O) groups is 2. The number of nitrogens with one attached hydrogen (secondary N) is 2. The van der Waals surface area contributed by atoms with E-state index in [4.69, 9.17) is 5.73 Å². The van der Waals surface area contributed by atoms with Crippen molar-refractivity contribution >= 4 is 17.5 Å². The second kappa shape index (κ2) is 7.06. The van der Waals surface area contributed by atoms with E-state index in [2.05, 4.69) is 10.6 Å². The van der Waals surface area contributed by atoms with Crippen LogP contribution in [0.15, 0.2) is 12.1 Å². The minimum Gasteiger partial charge on any atom is -0.398 e. The van der Waals surface area contributed by atoms with E-state index in [1.54, 1.807) is 6.92 Å². The number of halogens is 1. The maximum atomic E-state index is 13.6. The smallest absolute Gasteiger partial charge is 0.252 e. The predicted octanol–water partition coefficient (Wildman–Crippen LogP) is 1.61. The number of amides is 2. The van der Waals surface area contributed by atoms with E-state index < -0.39 is 17.8 Å². The zero-order valence-corrected chi connectivity index (χ0v) is 12.8. The summed E-state index contributed by atoms with van der Waals surface area (Å²) in [6, 6.07) is 1.80. The molecule has 21 heavy (non-hydrogen) atoms. The summed E-state index contributed by atoms with van der Waals surface area (Å²) in [5, 5.41) is 5.24. The summed E-state index contributed by atoms with van der Waals surface area (Å²) in [4.78, 5) is 23.8. The van der Waals surface area contributed by atoms with E-state index in [1.165, 1.54) is 13.0 Å². The highest BCUT2D eigenvalue weighted by Crippen LogP contribution is 2.17. The fourth-order valence-electron chi connectivity index (χ4n) is 1.63. The molecule has 0 aromatic heterocycles. The van der Waals surface area contributed by atoms with Gasteiger partial charge in [-0.3, -0.25) is 9.59 Å². The van der Waals surface area contributed by atoms with E-state index in [-0.39, 0.29) is 17.2 Å². The number of benzene rings is 1. The largest absolute Gasteiger partial charge is 0.398 e. The lowest BCUT2D eigenvalue weighted by Crippen LogP contribution is -2.45. The van der Waals surface area contributed by atoms with Crippen LogP contribution in [0.4, 0.5) is 10.1 Å². The van der Waals surface area contributed by atoms with Crippen molar-refractivity contribution in [2.75, 3.05) is 12.3 Å². The lowest BCUT2D eigenvalue weighted by atomic mass is 10.1. The molecular formula is C15H22FN3O2. The van der Waals surface area contributed by atoms with Crippen LogP contribution in [0.5, 0.6) is 0 Å². The molecule has 0 aliphatic rings. The van der Waals surface area contributed by atoms with Crippen LogP contribution < -0.4 is 16.4 Å². The molecule has 0 aliphatic heterocycles. The highest BCUT2D eigenvalue weighted by molar-refractivity contribution is 5.98. The van der Waals surface area contributed by atoms with Crippen LogP contribution in [-0.4, -0.2) is 24.4 Å². The van der Waals surface area contributed by atoms with Gasteiger partial charge in [0, 0.05) is 23.4 Å². The molecule has 0 saturated carbocycles. The lowest BCUT2D eigenvalue weighted by Gasteiger charge is -2.15. The van der Waals surface area contributed by atoms with Crippen LogP contribution in [0.25, 0.3) is 0 Å². The first-order chi connectivity index (χ1) is 9.72. The highest BCUT2D eigenvalue weighted by atomic mass is 19.1. The third-order valence-corrected chi connectivity index (χ3v) is 3.07. The molecule has 1 aromatic rings. The topological polar surface area (TPSA) is 84.2 Å². The number of anilines is 1. The second-order valence-electron chi connectivity index (χ2n) is 5.51. The molecule has 1 unspecified atom stereocenters. The average Bonchev–Trinajstić information content (AvgIpc) is 2.41. The minimum atomic E-state index is -0.707. The first-order valence-corrected chi connectivity index (χ1v) is 6.86. The van der Waals surface area contributed by atoms with Gasteiger partial charge in [0.25, 0.3) is 5.91 Å². The van der Waals surface area contributed by atoms with Gasteiger partial charge in [-0.25, -0.2) is 4.39 Å². The van der Waals surface area contributed by atoms with Crippen LogP contribution in [0.2, 0.25) is 0 Å². The third kappa shape index (κ3) is 4.73. The van der Waals surface area contributed by atoms with Gasteiger partial charge in [0.2, 0.25) is 5.91 Å². The molecule has 2 amide bonds. The predicted molar refractivity (Wildman–Crippen MR) is 80.3 cm³/mol. The standard InChI is InChI=1S/C15H22FN3O2/c1-8(2)7-18-14(20)10(4)19-15(21)11-5-12(16)9(3)13(17)6-11/h5-6,8,10H,7,17H2,1-4H3,(H,18,20)(H,19,21). The number of nitrogen functional groups attached to an aromatic ring is 1. The maximum Gasteiger partial charge on any atom is 0.252 e. The molecular weight excluding hydrogens is 273 g/mol. The number of carbonyl (C=O) groups excluding carboxylic acids is 2. The Morgan fingerprint density at radius 3 is 2.43 bits per heavy atom. The molecule has 0 aliphatic carbocycles. The molecule has 0 spiro atoms. The molecule has 1 rings (SSSR count). The van der Waals surface area contributed by atoms with Crippen molar-refractivity contribution in [1.82, 2.24) is 10.6 Å². The van der Waals surface area contributed by atoms with Gasteiger partial charge >= 0.3 is 0 Å². The van der Waals surface area contributed by atoms with Gasteiger partial charge in [-0.05, 0) is 31.9 Å². The number of hydrogen-bond donors (Lipinski definition) is 3. The lowest BCUT2D eigenvalue weighted by molar-refractivity contribution is -0.122. The van der Waals surface area contributed by atoms with Crippen molar-refractivity contribution in [3.63, 3.8) is 0 Å². The summed E-state index contributed by atoms with van der Waals surface area (Å²) < 4.78 is 13.6. The molecule has 1 atom stereocenters. The Hall–Kier alpha value is -2.11. The van der Waals surface area contributed by atoms with Gasteiger partial charge in [0.15, 0.2) is 0 Å². The summed E-state index contributed by atoms with van der Waals surface area (Å²) in [5.41, 5.74) is 6.23. The number of hydrogen-bond acceptors (Lipinski definition) is 3. The molecule has 6 heteroatoms. The molecule has 0 radical (unpaired) electrons. The van der Waals surface area contributed by atoms with Crippen molar-refractivity contribution in [2.45, 2.75) is 33.7 Å². The molecule has 0 heterocycles. The average molecular weight is 295 g/mol. The summed E-state index contributed by atoms with van der Waals surface area (Å²) in [7, 11) is 0. The van der Waals surface area contributed by atoms with E-state index in [0.29, 0.717) is 18.0 Å². The first kappa shape index (κ1) is 16.9. The number of rotatable bonds is 5. The molecule has 0 fully saturated rings. The Labute approximate surface area is 124 Å². The Morgan fingerprint density at radius 2 is 1.90 bits per heavy atom. The normalized spacial score (nSPS) is 12.1. The zero-order chi connectivity index (χ0) is 16.2. The van der Waals surface area contributed by atoms with Crippen LogP contribution in [-0.2, 0) is 4.79 Å². The van der Waals surface area contributed by atoms with E-state index in [1.807, 2.05) is 13.8 Å². The molecule has 0 saturated heterocycles. The van der Waals surface area contributed by atoms with Crippen molar-refractivity contribution < 1.29 is 14.0 Å². The maximum absolute atomic E-state index is 13.6. The van der Waals surface area contributed by atoms with Gasteiger partial charge < -0.3 is 16.4 Å². The van der Waals surface area contributed by atoms with E-state index in [0.717, 1.165) is 6.07 Å². The van der Waals surface area contributed by atoms with Crippen molar-refractivity contribution in [1.29, 1.82) is 0 Å². The van der Waals surface area contributed by atoms with Crippen LogP contribution >= 0.6 is 0 Å². The summed E-state index contributed by atoms with van der Waals surface area (Å²) in [5.74, 6) is -1.04. The fraction of sp³-hybridized carbons (Fsp3) is 0.467. The molecule has 4 N–H and O–H groups in total. The SMILES string of the molecule is Cc1c(N)cc(C(=O)NC(C)C(=O)NCC(C)C)cc1F. The second-order valence-corrected chi connectivity index (χ2v) is 5.51. The van der Waals surface area contributed by atoms with Crippen molar-refractivity contribution in [2.24, 2.45) is 5.92 Å². The Kier molecular flexibility index (Phi) is 5.69. The highest BCUT2D eigenvalue weighted by Gasteiger charge is 2.18. The van der Waals surface area contributed by atoms with E-state index in [9.17, 15) is 14.0 Å². The van der Waals surface area contributed by atoms with Gasteiger partial charge in [-0.2, -0.15) is 0 Å². The first-order valence-electron chi connectivity index (χ1n) is 6.86. The summed E-state index contributed by atoms with van der Waals surface area (Å²) in [6.07, 6.45) is 0. The van der Waals surface area contributed by atoms with Gasteiger partial charge in [0.05, 0.1) is 0 Å². The molecule has 0 bridgehead atoms. The Balaban J connectivity index is 2.70. The monoisotopic (exact) mass is 295 g/mol. The van der Waals surface area contributed by atoms with Crippen LogP contribution in [0.3, 0.4) is 0 Å². The van der Waals surface area contributed by atoms with Crippen molar-refractivity contribution in [3.05, 3.63) is 29.1 Å². The van der Waals surface area contributed by atoms with Crippen LogP contribution in [0, 0.1) is 18.7 Å². The zero-order valence-electron chi connectivity index (χ0n) is 12.8. The third-order valence-electron chi connectivity index (χ3n) is 3.07. The summed E-state index contributed by atoms with van der Waals surface area (Å²) >= 11 is 0.